The van der Waals surface area contributed by atoms with Gasteiger partial charge < -0.3 is 5.11 Å². The highest BCUT2D eigenvalue weighted by molar-refractivity contribution is 7.99. The van der Waals surface area contributed by atoms with Crippen molar-refractivity contribution < 1.29 is 9.90 Å². The Morgan fingerprint density at radius 2 is 2.06 bits per heavy atom. The Labute approximate surface area is 109 Å². The average Bonchev–Trinajstić information content (AvgIpc) is 2.31. The van der Waals surface area contributed by atoms with Gasteiger partial charge in [-0.3, -0.25) is 0 Å². The van der Waals surface area contributed by atoms with E-state index in [1.165, 1.54) is 11.8 Å². The second-order valence-electron chi connectivity index (χ2n) is 3.96. The molecule has 0 fully saturated rings. The zero-order chi connectivity index (χ0) is 13.1. The molecule has 1 aromatic heterocycles. The van der Waals surface area contributed by atoms with Crippen LogP contribution in [0.4, 0.5) is 0 Å². The Hall–Kier alpha value is -1.88. The number of nitrogens with zero attached hydrogens (tertiary/aromatic N) is 2. The lowest BCUT2D eigenvalue weighted by Gasteiger charge is -2.05. The van der Waals surface area contributed by atoms with E-state index in [0.29, 0.717) is 5.56 Å². The number of carbonyl (C=O) groups is 1. The van der Waals surface area contributed by atoms with E-state index in [4.69, 9.17) is 5.11 Å². The van der Waals surface area contributed by atoms with Crippen LogP contribution in [0, 0.1) is 13.8 Å². The number of aromatic carboxylic acids is 1. The van der Waals surface area contributed by atoms with Gasteiger partial charge in [-0.2, -0.15) is 5.10 Å². The molecule has 0 aliphatic heterocycles. The van der Waals surface area contributed by atoms with E-state index >= 15 is 0 Å². The fourth-order valence-corrected chi connectivity index (χ4v) is 2.39. The zero-order valence-electron chi connectivity index (χ0n) is 10.0. The molecule has 0 atom stereocenters. The number of benzene rings is 1. The molecule has 0 unspecified atom stereocenters. The summed E-state index contributed by atoms with van der Waals surface area (Å²) in [7, 11) is 0. The van der Waals surface area contributed by atoms with E-state index in [1.807, 2.05) is 19.1 Å². The predicted octanol–water partition coefficient (Wildman–Crippen LogP) is 2.94. The third-order valence-corrected chi connectivity index (χ3v) is 3.33. The minimum absolute atomic E-state index is 0.320. The van der Waals surface area contributed by atoms with Crippen molar-refractivity contribution in [2.75, 3.05) is 0 Å². The molecule has 1 heterocycles. The van der Waals surface area contributed by atoms with E-state index in [9.17, 15) is 4.79 Å². The van der Waals surface area contributed by atoms with Crippen LogP contribution in [-0.4, -0.2) is 21.3 Å². The summed E-state index contributed by atoms with van der Waals surface area (Å²) >= 11 is 1.41. The van der Waals surface area contributed by atoms with Gasteiger partial charge in [0.25, 0.3) is 0 Å². The number of hydrogen-bond acceptors (Lipinski definition) is 4. The highest BCUT2D eigenvalue weighted by Gasteiger charge is 2.09. The van der Waals surface area contributed by atoms with Crippen molar-refractivity contribution in [2.24, 2.45) is 0 Å². The summed E-state index contributed by atoms with van der Waals surface area (Å²) in [6.45, 7) is 3.72. The first-order valence-electron chi connectivity index (χ1n) is 5.37. The summed E-state index contributed by atoms with van der Waals surface area (Å²) in [6.07, 6.45) is 1.68. The number of carboxylic acid groups (broad SMARTS) is 1. The number of hydrogen-bond donors (Lipinski definition) is 1. The minimum atomic E-state index is -0.912. The SMILES string of the molecule is Cc1cnnc(Sc2ccc(C)c(C(=O)O)c2)c1. The molecule has 0 radical (unpaired) electrons. The van der Waals surface area contributed by atoms with Crippen LogP contribution in [0.25, 0.3) is 0 Å². The summed E-state index contributed by atoms with van der Waals surface area (Å²) in [6, 6.07) is 7.26. The Bertz CT molecular complexity index is 599. The topological polar surface area (TPSA) is 63.1 Å². The first-order valence-corrected chi connectivity index (χ1v) is 6.19. The predicted molar refractivity (Wildman–Crippen MR) is 69.0 cm³/mol. The standard InChI is InChI=1S/C13H12N2O2S/c1-8-5-12(15-14-7-8)18-10-4-3-9(2)11(6-10)13(16)17/h3-7H,1-2H3,(H,16,17). The maximum Gasteiger partial charge on any atom is 0.335 e. The van der Waals surface area contributed by atoms with Gasteiger partial charge in [0.1, 0.15) is 5.03 Å². The summed E-state index contributed by atoms with van der Waals surface area (Å²) in [4.78, 5) is 11.9. The minimum Gasteiger partial charge on any atom is -0.478 e. The molecule has 0 amide bonds. The largest absolute Gasteiger partial charge is 0.478 e. The number of rotatable bonds is 3. The lowest BCUT2D eigenvalue weighted by Crippen LogP contribution is -1.99. The molecule has 0 bridgehead atoms. The van der Waals surface area contributed by atoms with Crippen LogP contribution in [0.15, 0.2) is 40.4 Å². The van der Waals surface area contributed by atoms with E-state index < -0.39 is 5.97 Å². The molecule has 1 aromatic carbocycles. The molecule has 18 heavy (non-hydrogen) atoms. The molecule has 5 heteroatoms. The second-order valence-corrected chi connectivity index (χ2v) is 5.05. The van der Waals surface area contributed by atoms with Crippen molar-refractivity contribution in [2.45, 2.75) is 23.8 Å². The van der Waals surface area contributed by atoms with Crippen LogP contribution < -0.4 is 0 Å². The van der Waals surface area contributed by atoms with Crippen molar-refractivity contribution >= 4 is 17.7 Å². The molecular formula is C13H12N2O2S. The molecular weight excluding hydrogens is 248 g/mol. The average molecular weight is 260 g/mol. The number of carboxylic acids is 1. The number of aromatic nitrogens is 2. The van der Waals surface area contributed by atoms with E-state index in [2.05, 4.69) is 10.2 Å². The highest BCUT2D eigenvalue weighted by atomic mass is 32.2. The third-order valence-electron chi connectivity index (χ3n) is 2.43. The normalized spacial score (nSPS) is 10.3. The van der Waals surface area contributed by atoms with Crippen molar-refractivity contribution in [1.29, 1.82) is 0 Å². The first-order chi connectivity index (χ1) is 8.56. The summed E-state index contributed by atoms with van der Waals surface area (Å²) in [5.41, 5.74) is 2.10. The fraction of sp³-hybridized carbons (Fsp3) is 0.154. The molecule has 1 N–H and O–H groups in total. The fourth-order valence-electron chi connectivity index (χ4n) is 1.50. The van der Waals surface area contributed by atoms with Gasteiger partial charge in [-0.15, -0.1) is 5.10 Å². The molecule has 0 saturated heterocycles. The van der Waals surface area contributed by atoms with Gasteiger partial charge in [0.05, 0.1) is 11.8 Å². The maximum absolute atomic E-state index is 11.0. The molecule has 0 aliphatic rings. The summed E-state index contributed by atoms with van der Waals surface area (Å²) in [5.74, 6) is -0.912. The lowest BCUT2D eigenvalue weighted by atomic mass is 10.1. The van der Waals surface area contributed by atoms with Crippen LogP contribution in [-0.2, 0) is 0 Å². The van der Waals surface area contributed by atoms with Crippen LogP contribution in [0.5, 0.6) is 0 Å². The van der Waals surface area contributed by atoms with Crippen LogP contribution in [0.3, 0.4) is 0 Å². The lowest BCUT2D eigenvalue weighted by molar-refractivity contribution is 0.0696. The molecule has 0 aliphatic carbocycles. The summed E-state index contributed by atoms with van der Waals surface area (Å²) in [5, 5.41) is 17.7. The van der Waals surface area contributed by atoms with Gasteiger partial charge in [0.15, 0.2) is 0 Å². The van der Waals surface area contributed by atoms with E-state index in [0.717, 1.165) is 21.0 Å². The van der Waals surface area contributed by atoms with Gasteiger partial charge in [0, 0.05) is 4.90 Å². The monoisotopic (exact) mass is 260 g/mol. The Balaban J connectivity index is 2.30. The highest BCUT2D eigenvalue weighted by Crippen LogP contribution is 2.27. The van der Waals surface area contributed by atoms with E-state index in [1.54, 1.807) is 25.3 Å². The molecule has 2 aromatic rings. The first kappa shape index (κ1) is 12.6. The summed E-state index contributed by atoms with van der Waals surface area (Å²) < 4.78 is 0. The van der Waals surface area contributed by atoms with Crippen molar-refractivity contribution in [1.82, 2.24) is 10.2 Å². The number of aryl methyl sites for hydroxylation is 2. The Morgan fingerprint density at radius 1 is 1.28 bits per heavy atom. The van der Waals surface area contributed by atoms with E-state index in [-0.39, 0.29) is 0 Å². The maximum atomic E-state index is 11.0. The van der Waals surface area contributed by atoms with Crippen molar-refractivity contribution in [3.8, 4) is 0 Å². The van der Waals surface area contributed by atoms with Gasteiger partial charge in [-0.1, -0.05) is 17.8 Å². The van der Waals surface area contributed by atoms with Crippen molar-refractivity contribution in [3.63, 3.8) is 0 Å². The molecule has 92 valence electrons. The quantitative estimate of drug-likeness (QED) is 0.919. The molecule has 0 saturated carbocycles. The van der Waals surface area contributed by atoms with Crippen LogP contribution in [0.2, 0.25) is 0 Å². The Kier molecular flexibility index (Phi) is 3.62. The Morgan fingerprint density at radius 3 is 2.72 bits per heavy atom. The van der Waals surface area contributed by atoms with Crippen LogP contribution in [0.1, 0.15) is 21.5 Å². The molecule has 4 nitrogen and oxygen atoms in total. The third kappa shape index (κ3) is 2.87. The second kappa shape index (κ2) is 5.18. The van der Waals surface area contributed by atoms with Crippen LogP contribution >= 0.6 is 11.8 Å². The molecule has 2 rings (SSSR count). The smallest absolute Gasteiger partial charge is 0.335 e. The van der Waals surface area contributed by atoms with Gasteiger partial charge >= 0.3 is 5.97 Å². The van der Waals surface area contributed by atoms with Crippen molar-refractivity contribution in [3.05, 3.63) is 47.2 Å². The van der Waals surface area contributed by atoms with Gasteiger partial charge in [0.2, 0.25) is 0 Å². The molecule has 0 spiro atoms. The zero-order valence-corrected chi connectivity index (χ0v) is 10.9. The van der Waals surface area contributed by atoms with Gasteiger partial charge in [-0.25, -0.2) is 4.79 Å². The van der Waals surface area contributed by atoms with Gasteiger partial charge in [-0.05, 0) is 43.2 Å².